The van der Waals surface area contributed by atoms with Gasteiger partial charge in [0.15, 0.2) is 11.5 Å². The standard InChI is InChI=1S/C16H12ClF4N5O/c1-25-13(12(17)14(24-25)16(19,20)21)15(27)22-11-6-7-26(23-11)8-9-4-2-3-5-10(9)18/h2-7H,8H2,1H3,(H,22,23,27). The van der Waals surface area contributed by atoms with Crippen LogP contribution in [0.15, 0.2) is 36.5 Å². The van der Waals surface area contributed by atoms with Gasteiger partial charge in [-0.05, 0) is 6.07 Å². The fraction of sp³-hybridized carbons (Fsp3) is 0.188. The molecule has 0 aliphatic carbocycles. The van der Waals surface area contributed by atoms with Gasteiger partial charge in [0.25, 0.3) is 5.91 Å². The van der Waals surface area contributed by atoms with Gasteiger partial charge in [0.2, 0.25) is 0 Å². The minimum atomic E-state index is -4.78. The number of hydrogen-bond donors (Lipinski definition) is 1. The molecule has 0 unspecified atom stereocenters. The summed E-state index contributed by atoms with van der Waals surface area (Å²) in [6, 6.07) is 7.55. The molecular formula is C16H12ClF4N5O. The van der Waals surface area contributed by atoms with Crippen molar-refractivity contribution in [3.05, 3.63) is 64.3 Å². The number of anilines is 1. The Labute approximate surface area is 155 Å². The molecule has 0 radical (unpaired) electrons. The fourth-order valence-electron chi connectivity index (χ4n) is 2.42. The lowest BCUT2D eigenvalue weighted by Crippen LogP contribution is -2.17. The third kappa shape index (κ3) is 3.95. The second kappa shape index (κ2) is 7.03. The van der Waals surface area contributed by atoms with Crippen molar-refractivity contribution in [3.8, 4) is 0 Å². The molecule has 0 bridgehead atoms. The molecule has 0 saturated carbocycles. The Balaban J connectivity index is 1.77. The van der Waals surface area contributed by atoms with Crippen molar-refractivity contribution < 1.29 is 22.4 Å². The molecule has 27 heavy (non-hydrogen) atoms. The molecule has 0 saturated heterocycles. The average Bonchev–Trinajstić information content (AvgIpc) is 3.13. The van der Waals surface area contributed by atoms with E-state index in [1.54, 1.807) is 18.2 Å². The molecule has 142 valence electrons. The van der Waals surface area contributed by atoms with Crippen LogP contribution in [0.3, 0.4) is 0 Å². The maximum Gasteiger partial charge on any atom is 0.436 e. The van der Waals surface area contributed by atoms with Gasteiger partial charge in [-0.25, -0.2) is 4.39 Å². The van der Waals surface area contributed by atoms with Crippen LogP contribution in [-0.2, 0) is 19.8 Å². The summed E-state index contributed by atoms with van der Waals surface area (Å²) < 4.78 is 54.3. The quantitative estimate of drug-likeness (QED) is 0.677. The lowest BCUT2D eigenvalue weighted by atomic mass is 10.2. The van der Waals surface area contributed by atoms with Crippen LogP contribution in [0.1, 0.15) is 21.7 Å². The largest absolute Gasteiger partial charge is 0.436 e. The molecule has 2 aromatic heterocycles. The highest BCUT2D eigenvalue weighted by Gasteiger charge is 2.39. The Hall–Kier alpha value is -2.88. The van der Waals surface area contributed by atoms with Crippen molar-refractivity contribution >= 4 is 23.3 Å². The van der Waals surface area contributed by atoms with Gasteiger partial charge in [0.1, 0.15) is 16.5 Å². The zero-order valence-electron chi connectivity index (χ0n) is 13.8. The highest BCUT2D eigenvalue weighted by Crippen LogP contribution is 2.35. The van der Waals surface area contributed by atoms with Gasteiger partial charge in [-0.3, -0.25) is 14.2 Å². The van der Waals surface area contributed by atoms with Crippen LogP contribution in [-0.4, -0.2) is 25.5 Å². The molecule has 0 aliphatic heterocycles. The maximum absolute atomic E-state index is 13.7. The first-order valence-corrected chi connectivity index (χ1v) is 7.92. The Morgan fingerprint density at radius 2 is 1.93 bits per heavy atom. The van der Waals surface area contributed by atoms with E-state index >= 15 is 0 Å². The van der Waals surface area contributed by atoms with E-state index < -0.39 is 34.3 Å². The number of rotatable bonds is 4. The minimum absolute atomic E-state index is 0.0714. The van der Waals surface area contributed by atoms with Crippen LogP contribution < -0.4 is 5.32 Å². The Morgan fingerprint density at radius 3 is 2.56 bits per heavy atom. The number of benzene rings is 1. The van der Waals surface area contributed by atoms with Crippen molar-refractivity contribution in [2.75, 3.05) is 5.32 Å². The highest BCUT2D eigenvalue weighted by atomic mass is 35.5. The van der Waals surface area contributed by atoms with Gasteiger partial charge in [-0.2, -0.15) is 23.4 Å². The monoisotopic (exact) mass is 401 g/mol. The van der Waals surface area contributed by atoms with E-state index in [1.165, 1.54) is 30.1 Å². The second-order valence-corrected chi connectivity index (χ2v) is 5.95. The predicted octanol–water partition coefficient (Wildman–Crippen LogP) is 3.73. The first-order valence-electron chi connectivity index (χ1n) is 7.54. The van der Waals surface area contributed by atoms with E-state index in [0.29, 0.717) is 5.56 Å². The Bertz CT molecular complexity index is 995. The second-order valence-electron chi connectivity index (χ2n) is 5.58. The summed E-state index contributed by atoms with van der Waals surface area (Å²) >= 11 is 5.67. The summed E-state index contributed by atoms with van der Waals surface area (Å²) in [6.07, 6.45) is -3.29. The SMILES string of the molecule is Cn1nc(C(F)(F)F)c(Cl)c1C(=O)Nc1ccn(Cc2ccccc2F)n1. The van der Waals surface area contributed by atoms with Crippen LogP contribution in [0.25, 0.3) is 0 Å². The number of alkyl halides is 3. The summed E-state index contributed by atoms with van der Waals surface area (Å²) in [5.74, 6) is -1.23. The molecule has 6 nitrogen and oxygen atoms in total. The molecule has 0 aliphatic rings. The van der Waals surface area contributed by atoms with Crippen molar-refractivity contribution in [1.29, 1.82) is 0 Å². The Morgan fingerprint density at radius 1 is 1.22 bits per heavy atom. The number of nitrogens with one attached hydrogen (secondary N) is 1. The van der Waals surface area contributed by atoms with E-state index in [0.717, 1.165) is 4.68 Å². The van der Waals surface area contributed by atoms with E-state index in [9.17, 15) is 22.4 Å². The number of nitrogens with zero attached hydrogens (tertiary/aromatic N) is 4. The van der Waals surface area contributed by atoms with E-state index in [4.69, 9.17) is 11.6 Å². The summed E-state index contributed by atoms with van der Waals surface area (Å²) in [5.41, 5.74) is -1.41. The van der Waals surface area contributed by atoms with Crippen molar-refractivity contribution in [1.82, 2.24) is 19.6 Å². The van der Waals surface area contributed by atoms with Crippen LogP contribution in [0.4, 0.5) is 23.4 Å². The summed E-state index contributed by atoms with van der Waals surface area (Å²) in [5, 5.41) is 8.85. The first kappa shape index (κ1) is 18.9. The molecular weight excluding hydrogens is 390 g/mol. The number of aryl methyl sites for hydroxylation is 1. The zero-order valence-corrected chi connectivity index (χ0v) is 14.5. The maximum atomic E-state index is 13.7. The Kier molecular flexibility index (Phi) is 4.92. The minimum Gasteiger partial charge on any atom is -0.304 e. The molecule has 0 fully saturated rings. The summed E-state index contributed by atoms with van der Waals surface area (Å²) in [7, 11) is 1.17. The van der Waals surface area contributed by atoms with E-state index in [2.05, 4.69) is 15.5 Å². The number of hydrogen-bond acceptors (Lipinski definition) is 3. The van der Waals surface area contributed by atoms with Crippen LogP contribution in [0.5, 0.6) is 0 Å². The molecule has 3 aromatic rings. The van der Waals surface area contributed by atoms with Crippen LogP contribution in [0.2, 0.25) is 5.02 Å². The van der Waals surface area contributed by atoms with E-state index in [-0.39, 0.29) is 12.4 Å². The predicted molar refractivity (Wildman–Crippen MR) is 88.9 cm³/mol. The third-order valence-corrected chi connectivity index (χ3v) is 4.00. The molecule has 11 heteroatoms. The van der Waals surface area contributed by atoms with Gasteiger partial charge < -0.3 is 5.32 Å². The molecule has 3 rings (SSSR count). The number of amides is 1. The lowest BCUT2D eigenvalue weighted by Gasteiger charge is -2.05. The first-order chi connectivity index (χ1) is 12.7. The highest BCUT2D eigenvalue weighted by molar-refractivity contribution is 6.34. The van der Waals surface area contributed by atoms with Crippen LogP contribution in [0, 0.1) is 5.82 Å². The number of halogens is 5. The molecule has 2 heterocycles. The van der Waals surface area contributed by atoms with Gasteiger partial charge in [-0.1, -0.05) is 29.8 Å². The molecule has 0 atom stereocenters. The molecule has 0 spiro atoms. The zero-order chi connectivity index (χ0) is 19.8. The topological polar surface area (TPSA) is 64.7 Å². The average molecular weight is 402 g/mol. The number of carbonyl (C=O) groups is 1. The van der Waals surface area contributed by atoms with Crippen molar-refractivity contribution in [2.24, 2.45) is 7.05 Å². The van der Waals surface area contributed by atoms with Crippen molar-refractivity contribution in [2.45, 2.75) is 12.7 Å². The van der Waals surface area contributed by atoms with Gasteiger partial charge in [0, 0.05) is 24.9 Å². The van der Waals surface area contributed by atoms with E-state index in [1.807, 2.05) is 0 Å². The molecule has 1 aromatic carbocycles. The number of aromatic nitrogens is 4. The molecule has 1 N–H and O–H groups in total. The van der Waals surface area contributed by atoms with Crippen LogP contribution >= 0.6 is 11.6 Å². The summed E-state index contributed by atoms with van der Waals surface area (Å²) in [6.45, 7) is 0.118. The summed E-state index contributed by atoms with van der Waals surface area (Å²) in [4.78, 5) is 12.3. The fourth-order valence-corrected chi connectivity index (χ4v) is 2.77. The number of carbonyl (C=O) groups excluding carboxylic acids is 1. The van der Waals surface area contributed by atoms with Crippen molar-refractivity contribution in [3.63, 3.8) is 0 Å². The third-order valence-electron chi connectivity index (χ3n) is 3.65. The molecule has 1 amide bonds. The van der Waals surface area contributed by atoms with Gasteiger partial charge in [-0.15, -0.1) is 0 Å². The lowest BCUT2D eigenvalue weighted by molar-refractivity contribution is -0.141. The normalized spacial score (nSPS) is 11.6. The smallest absolute Gasteiger partial charge is 0.304 e. The van der Waals surface area contributed by atoms with Gasteiger partial charge in [0.05, 0.1) is 6.54 Å². The van der Waals surface area contributed by atoms with Gasteiger partial charge >= 0.3 is 6.18 Å².